The maximum Gasteiger partial charge on any atom is 0.414 e. The van der Waals surface area contributed by atoms with E-state index in [9.17, 15) is 9.18 Å². The predicted octanol–water partition coefficient (Wildman–Crippen LogP) is 1.95. The van der Waals surface area contributed by atoms with Gasteiger partial charge in [0.1, 0.15) is 5.82 Å². The number of benzene rings is 1. The molecule has 0 saturated carbocycles. The molecule has 1 amide bonds. The van der Waals surface area contributed by atoms with Gasteiger partial charge >= 0.3 is 6.09 Å². The molecule has 1 aliphatic rings. The Bertz CT molecular complexity index is 378. The zero-order chi connectivity index (χ0) is 10.1. The van der Waals surface area contributed by atoms with Crippen molar-refractivity contribution in [1.29, 1.82) is 0 Å². The highest BCUT2D eigenvalue weighted by Crippen LogP contribution is 2.28. The van der Waals surface area contributed by atoms with Gasteiger partial charge in [0.15, 0.2) is 0 Å². The minimum atomic E-state index is -0.393. The molecule has 74 valence electrons. The maximum absolute atomic E-state index is 12.8. The summed E-state index contributed by atoms with van der Waals surface area (Å²) in [4.78, 5) is 12.8. The monoisotopic (exact) mass is 195 g/mol. The number of nitrogens with zero attached hydrogens (tertiary/aromatic N) is 1. The lowest BCUT2D eigenvalue weighted by Crippen LogP contribution is -2.28. The van der Waals surface area contributed by atoms with Gasteiger partial charge in [0.25, 0.3) is 0 Å². The summed E-state index contributed by atoms with van der Waals surface area (Å²) in [5.74, 6) is -0.268. The zero-order valence-electron chi connectivity index (χ0n) is 7.79. The molecular weight excluding hydrogens is 185 g/mol. The van der Waals surface area contributed by atoms with Crippen LogP contribution < -0.4 is 4.90 Å². The third-order valence-corrected chi connectivity index (χ3v) is 2.33. The van der Waals surface area contributed by atoms with Gasteiger partial charge in [0.2, 0.25) is 0 Å². The molecule has 1 aromatic rings. The number of halogens is 1. The van der Waals surface area contributed by atoms with Gasteiger partial charge < -0.3 is 4.74 Å². The summed E-state index contributed by atoms with van der Waals surface area (Å²) >= 11 is 0. The summed E-state index contributed by atoms with van der Waals surface area (Å²) < 4.78 is 17.5. The lowest BCUT2D eigenvalue weighted by atomic mass is 10.2. The molecule has 0 N–H and O–H groups in total. The van der Waals surface area contributed by atoms with Gasteiger partial charge in [-0.2, -0.15) is 0 Å². The number of methoxy groups -OCH3 is 1. The molecule has 1 aromatic carbocycles. The average molecular weight is 195 g/mol. The van der Waals surface area contributed by atoms with Crippen LogP contribution >= 0.6 is 0 Å². The quantitative estimate of drug-likeness (QED) is 0.633. The Hall–Kier alpha value is -1.58. The number of hydrogen-bond acceptors (Lipinski definition) is 2. The van der Waals surface area contributed by atoms with Crippen molar-refractivity contribution in [2.24, 2.45) is 0 Å². The van der Waals surface area contributed by atoms with E-state index >= 15 is 0 Å². The number of carbonyl (C=O) groups excluding carboxylic acids is 1. The first kappa shape index (κ1) is 8.99. The van der Waals surface area contributed by atoms with E-state index in [0.717, 1.165) is 11.3 Å². The van der Waals surface area contributed by atoms with Crippen molar-refractivity contribution in [3.63, 3.8) is 0 Å². The summed E-state index contributed by atoms with van der Waals surface area (Å²) in [5, 5.41) is 0. The summed E-state index contributed by atoms with van der Waals surface area (Å²) in [6, 6.07) is 4.41. The van der Waals surface area contributed by atoms with Crippen LogP contribution in [0.2, 0.25) is 0 Å². The van der Waals surface area contributed by atoms with Crippen LogP contribution in [0.4, 0.5) is 14.9 Å². The standard InChI is InChI=1S/C10H10FNO2/c1-14-10(13)12-5-4-7-6-8(11)2-3-9(7)12/h2-3,6H,4-5H2,1H3. The Morgan fingerprint density at radius 3 is 3.07 bits per heavy atom. The predicted molar refractivity (Wildman–Crippen MR) is 49.9 cm³/mol. The van der Waals surface area contributed by atoms with Gasteiger partial charge in [-0.25, -0.2) is 9.18 Å². The first-order chi connectivity index (χ1) is 6.72. The van der Waals surface area contributed by atoms with E-state index in [1.54, 1.807) is 6.07 Å². The van der Waals surface area contributed by atoms with Crippen LogP contribution in [-0.2, 0) is 11.2 Å². The number of carbonyl (C=O) groups is 1. The van der Waals surface area contributed by atoms with E-state index < -0.39 is 6.09 Å². The molecule has 1 heterocycles. The minimum absolute atomic E-state index is 0.268. The fraction of sp³-hybridized carbons (Fsp3) is 0.300. The number of fused-ring (bicyclic) bond motifs is 1. The Morgan fingerprint density at radius 2 is 2.36 bits per heavy atom. The van der Waals surface area contributed by atoms with E-state index in [0.29, 0.717) is 13.0 Å². The van der Waals surface area contributed by atoms with Crippen molar-refractivity contribution in [2.75, 3.05) is 18.6 Å². The van der Waals surface area contributed by atoms with Crippen molar-refractivity contribution >= 4 is 11.8 Å². The molecule has 0 fully saturated rings. The Labute approximate surface area is 81.1 Å². The number of rotatable bonds is 0. The fourth-order valence-electron chi connectivity index (χ4n) is 1.67. The second-order valence-corrected chi connectivity index (χ2v) is 3.14. The number of anilines is 1. The van der Waals surface area contributed by atoms with Crippen LogP contribution in [-0.4, -0.2) is 19.7 Å². The molecule has 0 saturated heterocycles. The summed E-state index contributed by atoms with van der Waals surface area (Å²) in [6.07, 6.45) is 0.290. The molecule has 4 heteroatoms. The van der Waals surface area contributed by atoms with E-state index in [1.807, 2.05) is 0 Å². The van der Waals surface area contributed by atoms with Crippen molar-refractivity contribution < 1.29 is 13.9 Å². The van der Waals surface area contributed by atoms with Gasteiger partial charge in [-0.1, -0.05) is 0 Å². The Kier molecular flexibility index (Phi) is 2.11. The van der Waals surface area contributed by atoms with Crippen molar-refractivity contribution in [1.82, 2.24) is 0 Å². The summed E-state index contributed by atoms with van der Waals surface area (Å²) in [7, 11) is 1.34. The van der Waals surface area contributed by atoms with E-state index in [2.05, 4.69) is 4.74 Å². The largest absolute Gasteiger partial charge is 0.452 e. The number of amides is 1. The second-order valence-electron chi connectivity index (χ2n) is 3.14. The Balaban J connectivity index is 2.35. The van der Waals surface area contributed by atoms with Crippen LogP contribution in [0.5, 0.6) is 0 Å². The van der Waals surface area contributed by atoms with Gasteiger partial charge in [-0.05, 0) is 30.2 Å². The van der Waals surface area contributed by atoms with E-state index in [1.165, 1.54) is 24.1 Å². The Morgan fingerprint density at radius 1 is 1.57 bits per heavy atom. The van der Waals surface area contributed by atoms with Crippen molar-refractivity contribution in [3.05, 3.63) is 29.6 Å². The highest BCUT2D eigenvalue weighted by atomic mass is 19.1. The topological polar surface area (TPSA) is 29.5 Å². The van der Waals surface area contributed by atoms with E-state index in [4.69, 9.17) is 0 Å². The third kappa shape index (κ3) is 1.32. The van der Waals surface area contributed by atoms with Crippen molar-refractivity contribution in [2.45, 2.75) is 6.42 Å². The SMILES string of the molecule is COC(=O)N1CCc2cc(F)ccc21. The van der Waals surface area contributed by atoms with Crippen molar-refractivity contribution in [3.8, 4) is 0 Å². The summed E-state index contributed by atoms with van der Waals surface area (Å²) in [5.41, 5.74) is 1.61. The van der Waals surface area contributed by atoms with E-state index in [-0.39, 0.29) is 5.82 Å². The number of hydrogen-bond donors (Lipinski definition) is 0. The molecule has 14 heavy (non-hydrogen) atoms. The van der Waals surface area contributed by atoms with Crippen LogP contribution in [0.1, 0.15) is 5.56 Å². The normalized spacial score (nSPS) is 14.0. The van der Waals surface area contributed by atoms with Crippen LogP contribution in [0.15, 0.2) is 18.2 Å². The molecule has 0 aromatic heterocycles. The first-order valence-electron chi connectivity index (χ1n) is 4.36. The van der Waals surface area contributed by atoms with Gasteiger partial charge in [-0.3, -0.25) is 4.90 Å². The lowest BCUT2D eigenvalue weighted by molar-refractivity contribution is 0.179. The molecule has 0 radical (unpaired) electrons. The molecule has 0 atom stereocenters. The van der Waals surface area contributed by atoms with Crippen LogP contribution in [0, 0.1) is 5.82 Å². The highest BCUT2D eigenvalue weighted by molar-refractivity contribution is 5.90. The van der Waals surface area contributed by atoms with Gasteiger partial charge in [0.05, 0.1) is 12.8 Å². The smallest absolute Gasteiger partial charge is 0.414 e. The molecule has 0 aliphatic carbocycles. The highest BCUT2D eigenvalue weighted by Gasteiger charge is 2.25. The minimum Gasteiger partial charge on any atom is -0.452 e. The molecule has 2 rings (SSSR count). The maximum atomic E-state index is 12.8. The summed E-state index contributed by atoms with van der Waals surface area (Å²) in [6.45, 7) is 0.561. The lowest BCUT2D eigenvalue weighted by Gasteiger charge is -2.14. The molecule has 3 nitrogen and oxygen atoms in total. The zero-order valence-corrected chi connectivity index (χ0v) is 7.79. The third-order valence-electron chi connectivity index (χ3n) is 2.33. The fourth-order valence-corrected chi connectivity index (χ4v) is 1.67. The number of ether oxygens (including phenoxy) is 1. The van der Waals surface area contributed by atoms with Gasteiger partial charge in [-0.15, -0.1) is 0 Å². The first-order valence-corrected chi connectivity index (χ1v) is 4.36. The van der Waals surface area contributed by atoms with Gasteiger partial charge in [0, 0.05) is 6.54 Å². The van der Waals surface area contributed by atoms with Crippen LogP contribution in [0.25, 0.3) is 0 Å². The molecule has 0 bridgehead atoms. The second kappa shape index (κ2) is 3.29. The molecule has 1 aliphatic heterocycles. The molecule has 0 spiro atoms. The molecular formula is C10H10FNO2. The molecule has 0 unspecified atom stereocenters. The van der Waals surface area contributed by atoms with Crippen LogP contribution in [0.3, 0.4) is 0 Å². The average Bonchev–Trinajstić information content (AvgIpc) is 2.59.